The lowest BCUT2D eigenvalue weighted by Crippen LogP contribution is -2.02. The van der Waals surface area contributed by atoms with E-state index < -0.39 is 0 Å². The minimum atomic E-state index is 1.29. The van der Waals surface area contributed by atoms with Crippen LogP contribution < -0.4 is 0 Å². The van der Waals surface area contributed by atoms with Crippen molar-refractivity contribution in [3.05, 3.63) is 34.9 Å². The maximum Gasteiger partial charge on any atom is -0.0178 e. The van der Waals surface area contributed by atoms with Crippen LogP contribution in [0.25, 0.3) is 0 Å². The zero-order valence-electron chi connectivity index (χ0n) is 63.4. The maximum atomic E-state index is 3.68. The van der Waals surface area contributed by atoms with E-state index in [-0.39, 0.29) is 0 Å². The van der Waals surface area contributed by atoms with Crippen molar-refractivity contribution in [1.29, 1.82) is 0 Å². The first kappa shape index (κ1) is 87.2. The van der Waals surface area contributed by atoms with Crippen molar-refractivity contribution >= 4 is 0 Å². The Morgan fingerprint density at radius 1 is 0.144 bits per heavy atom. The molecule has 0 N–H and O–H groups in total. The van der Waals surface area contributed by atoms with Gasteiger partial charge in [0.25, 0.3) is 0 Å². The summed E-state index contributed by atoms with van der Waals surface area (Å²) < 4.78 is 0. The average Bonchev–Trinajstić information content (AvgIpc) is 2.01. The molecule has 1 aromatic rings. The third-order valence-corrected chi connectivity index (χ3v) is 21.7. The second-order valence-electron chi connectivity index (χ2n) is 30.8. The Bertz CT molecular complexity index is 1330. The Kier molecular flexibility index (Phi) is 76.5. The second kappa shape index (κ2) is 78.9. The number of benzene rings is 1. The molecule has 0 spiro atoms. The number of aryl methyl sites for hydroxylation is 2. The largest absolute Gasteiger partial charge is 0.0654 e. The van der Waals surface area contributed by atoms with Crippen molar-refractivity contribution in [2.45, 2.75) is 541 Å². The van der Waals surface area contributed by atoms with Crippen LogP contribution in [-0.2, 0) is 19.3 Å². The molecule has 0 saturated heterocycles. The summed E-state index contributed by atoms with van der Waals surface area (Å²) in [7, 11) is 0. The Morgan fingerprint density at radius 3 is 0.389 bits per heavy atom. The molecule has 0 aliphatic rings. The minimum absolute atomic E-state index is 1.29. The van der Waals surface area contributed by atoms with E-state index >= 15 is 0 Å². The van der Waals surface area contributed by atoms with E-state index in [1.807, 2.05) is 0 Å². The molecule has 0 heterocycles. The number of rotatable bonds is 81. The van der Waals surface area contributed by atoms with Gasteiger partial charge in [-0.2, -0.15) is 0 Å². The SMILES string of the molecule is CCCCCCCCCCCCCCCCCCCCCCCCCCCCc1c[c]cc(CCCCCCCCCCCCCCCCCCCCCCCCCCCC)c1CCCCCCCCCCCCCCCCCCCCCCCCCCCC. The highest BCUT2D eigenvalue weighted by Gasteiger charge is 2.10. The van der Waals surface area contributed by atoms with Crippen LogP contribution in [0.15, 0.2) is 12.1 Å². The average molecular weight is 1260 g/mol. The summed E-state index contributed by atoms with van der Waals surface area (Å²) in [5, 5.41) is 0. The molecule has 533 valence electrons. The van der Waals surface area contributed by atoms with Gasteiger partial charge in [0.15, 0.2) is 0 Å². The molecule has 0 fully saturated rings. The molecule has 0 aliphatic carbocycles. The van der Waals surface area contributed by atoms with E-state index in [2.05, 4.69) is 39.0 Å². The first-order chi connectivity index (χ1) is 44.8. The van der Waals surface area contributed by atoms with E-state index in [0.717, 1.165) is 0 Å². The third kappa shape index (κ3) is 68.6. The van der Waals surface area contributed by atoms with Gasteiger partial charge in [0.1, 0.15) is 0 Å². The molecule has 0 atom stereocenters. The van der Waals surface area contributed by atoms with Gasteiger partial charge in [0, 0.05) is 0 Å². The van der Waals surface area contributed by atoms with Gasteiger partial charge in [0.05, 0.1) is 0 Å². The van der Waals surface area contributed by atoms with Crippen LogP contribution in [0.2, 0.25) is 0 Å². The lowest BCUT2D eigenvalue weighted by atomic mass is 9.90. The Hall–Kier alpha value is -0.780. The van der Waals surface area contributed by atoms with Crippen molar-refractivity contribution in [2.75, 3.05) is 0 Å². The molecule has 0 heteroatoms. The summed E-state index contributed by atoms with van der Waals surface area (Å²) in [6.45, 7) is 6.96. The molecule has 0 bridgehead atoms. The number of hydrogen-bond donors (Lipinski definition) is 0. The lowest BCUT2D eigenvalue weighted by molar-refractivity contribution is 0.515. The maximum absolute atomic E-state index is 3.68. The number of hydrogen-bond acceptors (Lipinski definition) is 0. The quantitative estimate of drug-likeness (QED) is 0.0570. The standard InChI is InChI=1S/C90H173/c1-4-7-10-13-16-19-22-25-28-31-34-37-40-43-46-49-52-55-58-61-64-67-70-73-76-79-83-88-85-82-86-89(84-80-77-74-71-68-65-62-59-56-53-50-47-44-41-38-35-32-29-26-23-20-17-14-11-8-5-2)90(88)87-81-78-75-72-69-66-63-60-57-54-51-48-45-42-39-36-33-30-27-24-21-18-15-12-9-6-3/h85-86H,4-81,83-84,87H2,1-3H3. The molecule has 0 aromatic heterocycles. The van der Waals surface area contributed by atoms with Gasteiger partial charge < -0.3 is 0 Å². The van der Waals surface area contributed by atoms with Gasteiger partial charge in [-0.1, -0.05) is 514 Å². The van der Waals surface area contributed by atoms with E-state index in [4.69, 9.17) is 0 Å². The first-order valence-electron chi connectivity index (χ1n) is 43.8. The molecule has 0 saturated carbocycles. The number of unbranched alkanes of at least 4 members (excludes halogenated alkanes) is 75. The van der Waals surface area contributed by atoms with Gasteiger partial charge >= 0.3 is 0 Å². The molecule has 90 heavy (non-hydrogen) atoms. The Morgan fingerprint density at radius 2 is 0.256 bits per heavy atom. The summed E-state index contributed by atoms with van der Waals surface area (Å²) in [5.74, 6) is 0. The van der Waals surface area contributed by atoms with E-state index in [0.29, 0.717) is 0 Å². The van der Waals surface area contributed by atoms with Crippen molar-refractivity contribution in [3.8, 4) is 0 Å². The molecular formula is C90H173. The highest BCUT2D eigenvalue weighted by atomic mass is 14.2. The van der Waals surface area contributed by atoms with Crippen molar-refractivity contribution in [1.82, 2.24) is 0 Å². The van der Waals surface area contributed by atoms with Crippen molar-refractivity contribution < 1.29 is 0 Å². The molecule has 0 aliphatic heterocycles. The smallest absolute Gasteiger partial charge is 0.0178 e. The van der Waals surface area contributed by atoms with E-state index in [9.17, 15) is 0 Å². The Balaban J connectivity index is 2.22. The van der Waals surface area contributed by atoms with Crippen LogP contribution in [0.3, 0.4) is 0 Å². The second-order valence-corrected chi connectivity index (χ2v) is 30.8. The first-order valence-corrected chi connectivity index (χ1v) is 43.8. The van der Waals surface area contributed by atoms with Crippen molar-refractivity contribution in [2.24, 2.45) is 0 Å². The van der Waals surface area contributed by atoms with Gasteiger partial charge in [0.2, 0.25) is 0 Å². The molecule has 1 rings (SSSR count). The fraction of sp³-hybridized carbons (Fsp3) is 0.933. The third-order valence-electron chi connectivity index (χ3n) is 21.7. The summed E-state index contributed by atoms with van der Waals surface area (Å²) in [5.41, 5.74) is 5.11. The van der Waals surface area contributed by atoms with Crippen LogP contribution in [0.4, 0.5) is 0 Å². The summed E-state index contributed by atoms with van der Waals surface area (Å²) >= 11 is 0. The predicted molar refractivity (Wildman–Crippen MR) is 414 cm³/mol. The molecule has 0 amide bonds. The fourth-order valence-corrected chi connectivity index (χ4v) is 15.3. The van der Waals surface area contributed by atoms with Gasteiger partial charge in [-0.15, -0.1) is 0 Å². The highest BCUT2D eigenvalue weighted by Crippen LogP contribution is 2.26. The summed E-state index contributed by atoms with van der Waals surface area (Å²) in [6, 6.07) is 8.51. The normalized spacial score (nSPS) is 11.8. The molecule has 1 aromatic carbocycles. The van der Waals surface area contributed by atoms with Gasteiger partial charge in [-0.25, -0.2) is 0 Å². The summed E-state index contributed by atoms with van der Waals surface area (Å²) in [4.78, 5) is 0. The van der Waals surface area contributed by atoms with Crippen LogP contribution >= 0.6 is 0 Å². The van der Waals surface area contributed by atoms with Crippen LogP contribution in [-0.4, -0.2) is 0 Å². The van der Waals surface area contributed by atoms with Crippen LogP contribution in [0.1, 0.15) is 538 Å². The summed E-state index contributed by atoms with van der Waals surface area (Å²) in [6.07, 6.45) is 118. The van der Waals surface area contributed by atoms with E-state index in [1.165, 1.54) is 520 Å². The van der Waals surface area contributed by atoms with Crippen LogP contribution in [0.5, 0.6) is 0 Å². The van der Waals surface area contributed by atoms with Gasteiger partial charge in [-0.3, -0.25) is 0 Å². The van der Waals surface area contributed by atoms with Gasteiger partial charge in [-0.05, 0) is 61.3 Å². The fourth-order valence-electron chi connectivity index (χ4n) is 15.3. The monoisotopic (exact) mass is 1250 g/mol. The highest BCUT2D eigenvalue weighted by molar-refractivity contribution is 5.35. The minimum Gasteiger partial charge on any atom is -0.0654 e. The topological polar surface area (TPSA) is 0 Å². The predicted octanol–water partition coefficient (Wildman–Crippen LogP) is 33.6. The molecule has 0 unspecified atom stereocenters. The van der Waals surface area contributed by atoms with E-state index in [1.54, 1.807) is 16.7 Å². The molecule has 0 nitrogen and oxygen atoms in total. The molecular weight excluding hydrogens is 1080 g/mol. The lowest BCUT2D eigenvalue weighted by Gasteiger charge is -2.15. The Labute approximate surface area is 572 Å². The van der Waals surface area contributed by atoms with Crippen LogP contribution in [0, 0.1) is 6.07 Å². The zero-order chi connectivity index (χ0) is 64.1. The van der Waals surface area contributed by atoms with Crippen molar-refractivity contribution in [3.63, 3.8) is 0 Å². The molecule has 1 radical (unpaired) electrons. The zero-order valence-corrected chi connectivity index (χ0v) is 63.4.